The molecule has 0 unspecified atom stereocenters. The number of benzene rings is 1. The lowest BCUT2D eigenvalue weighted by Gasteiger charge is -2.32. The van der Waals surface area contributed by atoms with Crippen LogP contribution in [0.2, 0.25) is 0 Å². The quantitative estimate of drug-likeness (QED) is 0.601. The summed E-state index contributed by atoms with van der Waals surface area (Å²) in [6, 6.07) is 7.92. The Hall–Kier alpha value is -2.45. The van der Waals surface area contributed by atoms with Crippen LogP contribution >= 0.6 is 11.3 Å². The number of hydrogen-bond acceptors (Lipinski definition) is 7. The smallest absolute Gasteiger partial charge is 0.229 e. The van der Waals surface area contributed by atoms with Gasteiger partial charge in [0.15, 0.2) is 0 Å². The van der Waals surface area contributed by atoms with Gasteiger partial charge in [-0.15, -0.1) is 11.3 Å². The zero-order valence-electron chi connectivity index (χ0n) is 15.5. The number of nitrogens with two attached hydrogens (primary N) is 1. The fourth-order valence-corrected chi connectivity index (χ4v) is 4.33. The van der Waals surface area contributed by atoms with Gasteiger partial charge in [0.25, 0.3) is 0 Å². The third-order valence-electron chi connectivity index (χ3n) is 5.31. The first-order chi connectivity index (χ1) is 13.7. The second-order valence-corrected chi connectivity index (χ2v) is 8.48. The van der Waals surface area contributed by atoms with E-state index in [4.69, 9.17) is 5.73 Å². The summed E-state index contributed by atoms with van der Waals surface area (Å²) < 4.78 is 15.8. The fourth-order valence-electron chi connectivity index (χ4n) is 3.55. The molecular formula is C20H23FN6S. The third kappa shape index (κ3) is 3.62. The number of anilines is 4. The maximum absolute atomic E-state index is 14.7. The van der Waals surface area contributed by atoms with Crippen LogP contribution in [0.5, 0.6) is 0 Å². The van der Waals surface area contributed by atoms with Crippen molar-refractivity contribution in [2.45, 2.75) is 37.8 Å². The molecule has 0 atom stereocenters. The van der Waals surface area contributed by atoms with Crippen LogP contribution in [0.1, 0.15) is 25.7 Å². The zero-order chi connectivity index (χ0) is 19.1. The van der Waals surface area contributed by atoms with Crippen molar-refractivity contribution >= 4 is 44.7 Å². The van der Waals surface area contributed by atoms with E-state index in [1.54, 1.807) is 11.3 Å². The molecular weight excluding hydrogens is 375 g/mol. The van der Waals surface area contributed by atoms with Crippen LogP contribution in [0.3, 0.4) is 0 Å². The van der Waals surface area contributed by atoms with Gasteiger partial charge < -0.3 is 21.3 Å². The number of piperidine rings is 1. The summed E-state index contributed by atoms with van der Waals surface area (Å²) in [5.41, 5.74) is 8.12. The summed E-state index contributed by atoms with van der Waals surface area (Å²) in [5, 5.41) is 8.64. The lowest BCUT2D eigenvalue weighted by Crippen LogP contribution is -2.40. The van der Waals surface area contributed by atoms with Crippen molar-refractivity contribution in [1.82, 2.24) is 9.97 Å². The predicted octanol–water partition coefficient (Wildman–Crippen LogP) is 4.08. The van der Waals surface area contributed by atoms with Gasteiger partial charge in [0.05, 0.1) is 15.9 Å². The molecule has 0 spiro atoms. The minimum atomic E-state index is -0.242. The zero-order valence-corrected chi connectivity index (χ0v) is 16.3. The molecule has 5 rings (SSSR count). The van der Waals surface area contributed by atoms with Crippen molar-refractivity contribution in [2.75, 3.05) is 28.6 Å². The lowest BCUT2D eigenvalue weighted by atomic mass is 10.1. The van der Waals surface area contributed by atoms with E-state index in [1.807, 2.05) is 23.6 Å². The van der Waals surface area contributed by atoms with E-state index in [-0.39, 0.29) is 11.9 Å². The van der Waals surface area contributed by atoms with E-state index in [0.29, 0.717) is 23.4 Å². The molecule has 0 bridgehead atoms. The molecule has 1 aromatic carbocycles. The fraction of sp³-hybridized carbons (Fsp3) is 0.400. The highest BCUT2D eigenvalue weighted by Crippen LogP contribution is 2.33. The Morgan fingerprint density at radius 1 is 1.11 bits per heavy atom. The Bertz CT molecular complexity index is 994. The van der Waals surface area contributed by atoms with E-state index in [2.05, 4.69) is 25.5 Å². The molecule has 2 fully saturated rings. The number of nitrogens with one attached hydrogen (secondary N) is 2. The van der Waals surface area contributed by atoms with Crippen LogP contribution in [-0.4, -0.2) is 35.1 Å². The first kappa shape index (κ1) is 17.6. The molecule has 2 aromatic heterocycles. The molecule has 1 aliphatic carbocycles. The number of thiophene rings is 1. The summed E-state index contributed by atoms with van der Waals surface area (Å²) in [4.78, 5) is 11.3. The summed E-state index contributed by atoms with van der Waals surface area (Å²) in [6.07, 6.45) is 4.14. The maximum atomic E-state index is 14.7. The molecule has 28 heavy (non-hydrogen) atoms. The highest BCUT2D eigenvalue weighted by atomic mass is 32.1. The van der Waals surface area contributed by atoms with Crippen LogP contribution in [0.25, 0.3) is 10.2 Å². The second-order valence-electron chi connectivity index (χ2n) is 7.57. The van der Waals surface area contributed by atoms with E-state index < -0.39 is 0 Å². The molecule has 4 N–H and O–H groups in total. The maximum Gasteiger partial charge on any atom is 0.229 e. The molecule has 1 saturated carbocycles. The minimum Gasteiger partial charge on any atom is -0.369 e. The van der Waals surface area contributed by atoms with Crippen LogP contribution in [-0.2, 0) is 0 Å². The predicted molar refractivity (Wildman–Crippen MR) is 113 cm³/mol. The highest BCUT2D eigenvalue weighted by Gasteiger charge is 2.23. The normalized spacial score (nSPS) is 17.9. The molecule has 0 amide bonds. The third-order valence-corrected chi connectivity index (χ3v) is 6.22. The van der Waals surface area contributed by atoms with Gasteiger partial charge in [-0.1, -0.05) is 0 Å². The summed E-state index contributed by atoms with van der Waals surface area (Å²) in [6.45, 7) is 1.58. The van der Waals surface area contributed by atoms with E-state index >= 15 is 0 Å². The average Bonchev–Trinajstić information content (AvgIpc) is 3.36. The van der Waals surface area contributed by atoms with E-state index in [0.717, 1.165) is 42.0 Å². The average molecular weight is 399 g/mol. The van der Waals surface area contributed by atoms with Crippen molar-refractivity contribution < 1.29 is 4.39 Å². The minimum absolute atomic E-state index is 0.225. The van der Waals surface area contributed by atoms with E-state index in [1.165, 1.54) is 18.9 Å². The van der Waals surface area contributed by atoms with Crippen molar-refractivity contribution in [1.29, 1.82) is 0 Å². The van der Waals surface area contributed by atoms with Gasteiger partial charge in [0.2, 0.25) is 5.95 Å². The molecule has 2 aliphatic rings. The van der Waals surface area contributed by atoms with E-state index in [9.17, 15) is 4.39 Å². The highest BCUT2D eigenvalue weighted by molar-refractivity contribution is 7.17. The lowest BCUT2D eigenvalue weighted by molar-refractivity contribution is 0.494. The Morgan fingerprint density at radius 2 is 1.93 bits per heavy atom. The molecule has 6 nitrogen and oxygen atoms in total. The first-order valence-corrected chi connectivity index (χ1v) is 10.6. The van der Waals surface area contributed by atoms with Crippen molar-refractivity contribution in [3.8, 4) is 0 Å². The van der Waals surface area contributed by atoms with Gasteiger partial charge in [0, 0.05) is 30.9 Å². The molecule has 1 saturated heterocycles. The number of halogens is 1. The van der Waals surface area contributed by atoms with Crippen LogP contribution in [0.15, 0.2) is 29.6 Å². The SMILES string of the molecule is NC1CCN(c2ccc(Nc3nc(NC4CC4)c4sccc4n3)cc2F)CC1. The van der Waals surface area contributed by atoms with Crippen molar-refractivity contribution in [3.05, 3.63) is 35.5 Å². The summed E-state index contributed by atoms with van der Waals surface area (Å²) in [7, 11) is 0. The molecule has 3 heterocycles. The van der Waals surface area contributed by atoms with Crippen molar-refractivity contribution in [3.63, 3.8) is 0 Å². The van der Waals surface area contributed by atoms with Gasteiger partial charge in [-0.3, -0.25) is 0 Å². The number of fused-ring (bicyclic) bond motifs is 1. The Balaban J connectivity index is 1.37. The largest absolute Gasteiger partial charge is 0.369 e. The number of hydrogen-bond donors (Lipinski definition) is 3. The molecule has 8 heteroatoms. The molecule has 0 radical (unpaired) electrons. The van der Waals surface area contributed by atoms with Gasteiger partial charge in [-0.2, -0.15) is 4.98 Å². The van der Waals surface area contributed by atoms with Gasteiger partial charge in [0.1, 0.15) is 11.6 Å². The first-order valence-electron chi connectivity index (χ1n) is 9.74. The van der Waals surface area contributed by atoms with Crippen LogP contribution < -0.4 is 21.3 Å². The van der Waals surface area contributed by atoms with Gasteiger partial charge in [-0.05, 0) is 55.3 Å². The standard InChI is InChI=1S/C20H23FN6S/c21-15-11-14(3-4-17(15)27-8-5-12(22)6-9-27)24-20-25-16-7-10-28-18(16)19(26-20)23-13-1-2-13/h3-4,7,10-13H,1-2,5-6,8-9,22H2,(H2,23,24,25,26). The monoisotopic (exact) mass is 398 g/mol. The van der Waals surface area contributed by atoms with Crippen LogP contribution in [0.4, 0.5) is 27.5 Å². The number of rotatable bonds is 5. The van der Waals surface area contributed by atoms with Crippen LogP contribution in [0, 0.1) is 5.82 Å². The number of aromatic nitrogens is 2. The number of nitrogens with zero attached hydrogens (tertiary/aromatic N) is 3. The molecule has 3 aromatic rings. The van der Waals surface area contributed by atoms with Gasteiger partial charge >= 0.3 is 0 Å². The Morgan fingerprint density at radius 3 is 2.68 bits per heavy atom. The molecule has 1 aliphatic heterocycles. The second kappa shape index (κ2) is 7.18. The summed E-state index contributed by atoms with van der Waals surface area (Å²) >= 11 is 1.63. The van der Waals surface area contributed by atoms with Gasteiger partial charge in [-0.25, -0.2) is 9.37 Å². The van der Waals surface area contributed by atoms with Crippen molar-refractivity contribution in [2.24, 2.45) is 5.73 Å². The summed E-state index contributed by atoms with van der Waals surface area (Å²) in [5.74, 6) is 1.09. The molecule has 146 valence electrons. The Kier molecular flexibility index (Phi) is 4.52. The topological polar surface area (TPSA) is 79.1 Å². The Labute approximate surface area is 167 Å².